The van der Waals surface area contributed by atoms with Gasteiger partial charge in [0, 0.05) is 56.0 Å². The van der Waals surface area contributed by atoms with Gasteiger partial charge >= 0.3 is 12.1 Å². The van der Waals surface area contributed by atoms with E-state index in [9.17, 15) is 14.4 Å². The van der Waals surface area contributed by atoms with Gasteiger partial charge in [0.1, 0.15) is 55.2 Å². The van der Waals surface area contributed by atoms with Gasteiger partial charge in [0.05, 0.1) is 35.2 Å². The van der Waals surface area contributed by atoms with E-state index in [-0.39, 0.29) is 114 Å². The number of anilines is 1. The summed E-state index contributed by atoms with van der Waals surface area (Å²) in [6, 6.07) is 8.40. The molecule has 3 aromatic carbocycles. The lowest BCUT2D eigenvalue weighted by Gasteiger charge is -2.41. The molecule has 7 rings (SSSR count). The first-order chi connectivity index (χ1) is 31.2. The maximum atomic E-state index is 17.9. The van der Waals surface area contributed by atoms with Crippen LogP contribution >= 0.6 is 0 Å². The molecule has 0 saturated carbocycles. The van der Waals surface area contributed by atoms with Gasteiger partial charge in [-0.3, -0.25) is 4.90 Å². The van der Waals surface area contributed by atoms with E-state index < -0.39 is 60.5 Å². The van der Waals surface area contributed by atoms with Crippen molar-refractivity contribution in [1.82, 2.24) is 19.8 Å². The number of fused-ring (bicyclic) bond motifs is 3. The van der Waals surface area contributed by atoms with Crippen LogP contribution in [0.4, 0.5) is 28.2 Å². The molecule has 0 spiro atoms. The van der Waals surface area contributed by atoms with Crippen LogP contribution in [0, 0.1) is 40.2 Å². The van der Waals surface area contributed by atoms with E-state index in [4.69, 9.17) is 23.9 Å². The highest BCUT2D eigenvalue weighted by molar-refractivity contribution is 6.90. The summed E-state index contributed by atoms with van der Waals surface area (Å²) in [6.45, 7) is 19.4. The van der Waals surface area contributed by atoms with Crippen molar-refractivity contribution >= 4 is 41.7 Å². The number of halogens is 4. The van der Waals surface area contributed by atoms with Gasteiger partial charge < -0.3 is 28.7 Å². The highest BCUT2D eigenvalue weighted by atomic mass is 28.3. The molecule has 1 amide bonds. The van der Waals surface area contributed by atoms with E-state index in [1.807, 2.05) is 0 Å². The number of ether oxygens (including phenoxy) is 4. The van der Waals surface area contributed by atoms with Crippen LogP contribution in [0.1, 0.15) is 93.6 Å². The van der Waals surface area contributed by atoms with Crippen molar-refractivity contribution in [2.75, 3.05) is 58.1 Å². The van der Waals surface area contributed by atoms with Crippen LogP contribution in [-0.4, -0.2) is 111 Å². The van der Waals surface area contributed by atoms with Crippen LogP contribution in [0.25, 0.3) is 32.8 Å². The number of nitriles is 1. The minimum Gasteiger partial charge on any atom is -0.468 e. The molecule has 354 valence electrons. The monoisotopic (exact) mass is 930 g/mol. The highest BCUT2D eigenvalue weighted by Crippen LogP contribution is 2.45. The SMILES string of the molecule is COCOc1cc(-c2c(F)cc3c(N4CCN(C(=O)OC(C)(C)C)[C@@H](CC#N)C4)nc(OC[C@@]45CCCN4C[C@H](F)C5)nc3c2F)c2c(C#C[Si](C(C)C)(C(C)C)C(C)C)c(F)ccc2c1. The lowest BCUT2D eigenvalue weighted by Crippen LogP contribution is -2.56. The number of amides is 1. The molecule has 66 heavy (non-hydrogen) atoms. The molecule has 0 unspecified atom stereocenters. The van der Waals surface area contributed by atoms with Crippen LogP contribution < -0.4 is 14.4 Å². The van der Waals surface area contributed by atoms with E-state index in [2.05, 4.69) is 69.0 Å². The van der Waals surface area contributed by atoms with Crippen LogP contribution in [0.3, 0.4) is 0 Å². The maximum Gasteiger partial charge on any atom is 0.410 e. The van der Waals surface area contributed by atoms with Crippen molar-refractivity contribution in [2.45, 2.75) is 128 Å². The van der Waals surface area contributed by atoms with Crippen molar-refractivity contribution in [2.24, 2.45) is 0 Å². The molecule has 0 aliphatic carbocycles. The summed E-state index contributed by atoms with van der Waals surface area (Å²) < 4.78 is 89.6. The molecular formula is C50H62F4N6O5Si. The normalized spacial score (nSPS) is 20.3. The van der Waals surface area contributed by atoms with Crippen LogP contribution in [0.15, 0.2) is 30.3 Å². The third-order valence-electron chi connectivity index (χ3n) is 13.7. The zero-order chi connectivity index (χ0) is 47.9. The lowest BCUT2D eigenvalue weighted by molar-refractivity contribution is 0.0145. The van der Waals surface area contributed by atoms with Gasteiger partial charge in [-0.1, -0.05) is 53.5 Å². The summed E-state index contributed by atoms with van der Waals surface area (Å²) >= 11 is 0. The van der Waals surface area contributed by atoms with Crippen LogP contribution in [0.5, 0.6) is 11.8 Å². The number of piperazine rings is 1. The Balaban J connectivity index is 1.44. The quantitative estimate of drug-likeness (QED) is 0.0589. The first kappa shape index (κ1) is 48.8. The summed E-state index contributed by atoms with van der Waals surface area (Å²) in [7, 11) is -0.969. The number of carbonyl (C=O) groups excluding carboxylic acids is 1. The molecule has 16 heteroatoms. The van der Waals surface area contributed by atoms with Crippen LogP contribution in [0.2, 0.25) is 16.6 Å². The molecule has 4 heterocycles. The molecule has 3 atom stereocenters. The second-order valence-corrected chi connectivity index (χ2v) is 25.5. The fourth-order valence-corrected chi connectivity index (χ4v) is 16.0. The molecule has 3 aliphatic heterocycles. The lowest BCUT2D eigenvalue weighted by atomic mass is 9.92. The van der Waals surface area contributed by atoms with E-state index in [1.165, 1.54) is 30.2 Å². The number of methoxy groups -OCH3 is 1. The summed E-state index contributed by atoms with van der Waals surface area (Å²) in [5.74, 6) is 0.903. The van der Waals surface area contributed by atoms with Crippen molar-refractivity contribution < 1.29 is 41.3 Å². The van der Waals surface area contributed by atoms with Crippen molar-refractivity contribution in [3.05, 3.63) is 53.3 Å². The summed E-state index contributed by atoms with van der Waals surface area (Å²) in [6.07, 6.45) is 0.169. The Bertz CT molecular complexity index is 2570. The minimum atomic E-state index is -2.42. The largest absolute Gasteiger partial charge is 0.468 e. The zero-order valence-corrected chi connectivity index (χ0v) is 40.8. The van der Waals surface area contributed by atoms with Gasteiger partial charge in [0.25, 0.3) is 0 Å². The summed E-state index contributed by atoms with van der Waals surface area (Å²) in [5, 5.41) is 10.5. The average molecular weight is 931 g/mol. The maximum absolute atomic E-state index is 17.9. The first-order valence-corrected chi connectivity index (χ1v) is 25.2. The Morgan fingerprint density at radius 1 is 0.970 bits per heavy atom. The molecule has 0 radical (unpaired) electrons. The molecule has 3 aliphatic rings. The van der Waals surface area contributed by atoms with Crippen molar-refractivity contribution in [3.8, 4) is 40.4 Å². The molecule has 4 aromatic rings. The molecule has 3 fully saturated rings. The highest BCUT2D eigenvalue weighted by Gasteiger charge is 2.49. The predicted octanol–water partition coefficient (Wildman–Crippen LogP) is 10.7. The second-order valence-electron chi connectivity index (χ2n) is 20.0. The van der Waals surface area contributed by atoms with Gasteiger partial charge in [-0.15, -0.1) is 5.54 Å². The average Bonchev–Trinajstić information content (AvgIpc) is 3.77. The van der Waals surface area contributed by atoms with Crippen LogP contribution in [-0.2, 0) is 9.47 Å². The number of benzene rings is 3. The molecule has 11 nitrogen and oxygen atoms in total. The van der Waals surface area contributed by atoms with E-state index in [1.54, 1.807) is 31.7 Å². The molecule has 0 N–H and O–H groups in total. The Morgan fingerprint density at radius 2 is 1.70 bits per heavy atom. The molecule has 0 bridgehead atoms. The number of alkyl halides is 1. The number of hydrogen-bond donors (Lipinski definition) is 0. The Morgan fingerprint density at radius 3 is 2.36 bits per heavy atom. The van der Waals surface area contributed by atoms with Gasteiger partial charge in [-0.2, -0.15) is 15.2 Å². The Kier molecular flexibility index (Phi) is 14.2. The standard InChI is InChI=1S/C50H62F4N6O5Si/c1-30(2)66(31(3)4,32(5)6)21-15-37-40(52)13-12-33-22-36(64-29-62-10)23-38(42(33)37)43-41(53)24-39-45(44(43)54)56-47(63-28-50-16-11-18-59(50)26-34(51)25-50)57-46(39)58-19-20-60(35(27-58)14-17-55)48(61)65-49(7,8)9/h12-13,22-24,30-32,34-35H,11,14,16,18-20,25-29H2,1-10H3/t34-,35+,50+/m1/s1. The zero-order valence-electron chi connectivity index (χ0n) is 39.8. The Hall–Kier alpha value is -5.16. The third kappa shape index (κ3) is 9.38. The number of carbonyl (C=O) groups is 1. The van der Waals surface area contributed by atoms with Crippen molar-refractivity contribution in [3.63, 3.8) is 0 Å². The number of hydrogen-bond acceptors (Lipinski definition) is 10. The van der Waals surface area contributed by atoms with Gasteiger partial charge in [-0.05, 0) is 86.4 Å². The summed E-state index contributed by atoms with van der Waals surface area (Å²) in [5.41, 5.74) is 2.15. The molecule has 1 aromatic heterocycles. The number of rotatable bonds is 12. The number of aromatic nitrogens is 2. The van der Waals surface area contributed by atoms with Gasteiger partial charge in [-0.25, -0.2) is 22.4 Å². The van der Waals surface area contributed by atoms with E-state index >= 15 is 13.2 Å². The summed E-state index contributed by atoms with van der Waals surface area (Å²) in [4.78, 5) is 28.1. The smallest absolute Gasteiger partial charge is 0.410 e. The van der Waals surface area contributed by atoms with Gasteiger partial charge in [0.15, 0.2) is 12.6 Å². The Labute approximate surface area is 386 Å². The van der Waals surface area contributed by atoms with Gasteiger partial charge in [0.2, 0.25) is 0 Å². The number of nitrogens with zero attached hydrogens (tertiary/aromatic N) is 6. The first-order valence-electron chi connectivity index (χ1n) is 23.0. The topological polar surface area (TPSA) is 113 Å². The third-order valence-corrected chi connectivity index (χ3v) is 20.0. The fraction of sp³-hybridized carbons (Fsp3) is 0.560. The fourth-order valence-electron chi connectivity index (χ4n) is 10.8. The molecule has 3 saturated heterocycles. The van der Waals surface area contributed by atoms with E-state index in [0.717, 1.165) is 19.0 Å². The predicted molar refractivity (Wildman–Crippen MR) is 251 cm³/mol. The second kappa shape index (κ2) is 19.2. The molecular weight excluding hydrogens is 869 g/mol. The minimum absolute atomic E-state index is 0.00618. The van der Waals surface area contributed by atoms with E-state index in [0.29, 0.717) is 11.8 Å². The van der Waals surface area contributed by atoms with Crippen molar-refractivity contribution in [1.29, 1.82) is 5.26 Å².